The van der Waals surface area contributed by atoms with Gasteiger partial charge in [0.1, 0.15) is 4.21 Å². The molecule has 0 spiro atoms. The Kier molecular flexibility index (Phi) is 3.93. The van der Waals surface area contributed by atoms with Crippen molar-refractivity contribution in [2.45, 2.75) is 17.7 Å². The Morgan fingerprint density at radius 3 is 2.42 bits per heavy atom. The molecule has 1 aromatic carbocycles. The largest absolute Gasteiger partial charge is 0.398 e. The van der Waals surface area contributed by atoms with Gasteiger partial charge in [0.2, 0.25) is 0 Å². The smallest absolute Gasteiger partial charge is 0.252 e. The number of nitrogens with zero attached hydrogens (tertiary/aromatic N) is 1. The van der Waals surface area contributed by atoms with E-state index in [1.807, 2.05) is 31.2 Å². The fraction of sp³-hybridized carbons (Fsp3) is 0.231. The van der Waals surface area contributed by atoms with Gasteiger partial charge in [0.05, 0.1) is 0 Å². The van der Waals surface area contributed by atoms with Crippen LogP contribution < -0.4 is 5.73 Å². The zero-order valence-electron chi connectivity index (χ0n) is 10.8. The quantitative estimate of drug-likeness (QED) is 0.942. The normalized spacial score (nSPS) is 11.9. The van der Waals surface area contributed by atoms with Crippen LogP contribution in [0.1, 0.15) is 11.1 Å². The predicted octanol–water partition coefficient (Wildman–Crippen LogP) is 2.46. The predicted molar refractivity (Wildman–Crippen MR) is 78.6 cm³/mol. The van der Waals surface area contributed by atoms with Crippen LogP contribution in [0.15, 0.2) is 39.9 Å². The maximum absolute atomic E-state index is 12.3. The summed E-state index contributed by atoms with van der Waals surface area (Å²) in [6, 6.07) is 9.30. The van der Waals surface area contributed by atoms with Crippen molar-refractivity contribution in [2.75, 3.05) is 12.8 Å². The molecule has 1 heterocycles. The summed E-state index contributed by atoms with van der Waals surface area (Å²) in [6.45, 7) is 2.35. The third kappa shape index (κ3) is 3.15. The van der Waals surface area contributed by atoms with E-state index >= 15 is 0 Å². The Morgan fingerprint density at radius 2 is 1.89 bits per heavy atom. The van der Waals surface area contributed by atoms with E-state index < -0.39 is 10.0 Å². The molecule has 0 atom stereocenters. The van der Waals surface area contributed by atoms with E-state index in [0.29, 0.717) is 12.2 Å². The Hall–Kier alpha value is -1.37. The van der Waals surface area contributed by atoms with E-state index in [4.69, 9.17) is 5.73 Å². The highest BCUT2D eigenvalue weighted by atomic mass is 32.2. The maximum atomic E-state index is 12.3. The highest BCUT2D eigenvalue weighted by Gasteiger charge is 2.22. The van der Waals surface area contributed by atoms with Crippen molar-refractivity contribution in [1.82, 2.24) is 4.31 Å². The first-order chi connectivity index (χ1) is 8.89. The van der Waals surface area contributed by atoms with Crippen LogP contribution >= 0.6 is 11.3 Å². The van der Waals surface area contributed by atoms with Crippen molar-refractivity contribution >= 4 is 27.0 Å². The Morgan fingerprint density at radius 1 is 1.26 bits per heavy atom. The molecule has 0 saturated heterocycles. The van der Waals surface area contributed by atoms with Crippen LogP contribution in [0, 0.1) is 6.92 Å². The van der Waals surface area contributed by atoms with Crippen LogP contribution in [0.2, 0.25) is 0 Å². The number of aryl methyl sites for hydroxylation is 1. The lowest BCUT2D eigenvalue weighted by Gasteiger charge is -2.16. The minimum Gasteiger partial charge on any atom is -0.398 e. The van der Waals surface area contributed by atoms with Gasteiger partial charge in [0.25, 0.3) is 10.0 Å². The Labute approximate surface area is 117 Å². The van der Waals surface area contributed by atoms with Crippen molar-refractivity contribution in [3.05, 3.63) is 46.8 Å². The third-order valence-electron chi connectivity index (χ3n) is 2.79. The topological polar surface area (TPSA) is 63.4 Å². The van der Waals surface area contributed by atoms with Gasteiger partial charge >= 0.3 is 0 Å². The lowest BCUT2D eigenvalue weighted by atomic mass is 10.1. The van der Waals surface area contributed by atoms with Gasteiger partial charge in [-0.1, -0.05) is 29.8 Å². The van der Waals surface area contributed by atoms with E-state index in [9.17, 15) is 8.42 Å². The fourth-order valence-corrected chi connectivity index (χ4v) is 4.10. The molecular formula is C13H16N2O2S2. The number of nitrogens with two attached hydrogens (primary N) is 1. The SMILES string of the molecule is Cc1ccc(CN(C)S(=O)(=O)c2cc(N)cs2)cc1. The van der Waals surface area contributed by atoms with E-state index in [-0.39, 0.29) is 4.21 Å². The second-order valence-corrected chi connectivity index (χ2v) is 7.63. The summed E-state index contributed by atoms with van der Waals surface area (Å²) >= 11 is 1.14. The third-order valence-corrected chi connectivity index (χ3v) is 6.02. The number of rotatable bonds is 4. The molecule has 0 aliphatic rings. The molecule has 19 heavy (non-hydrogen) atoms. The minimum atomic E-state index is -3.45. The van der Waals surface area contributed by atoms with Crippen molar-refractivity contribution in [2.24, 2.45) is 0 Å². The highest BCUT2D eigenvalue weighted by molar-refractivity contribution is 7.91. The fourth-order valence-electron chi connectivity index (χ4n) is 1.65. The maximum Gasteiger partial charge on any atom is 0.252 e. The minimum absolute atomic E-state index is 0.277. The zero-order valence-corrected chi connectivity index (χ0v) is 12.5. The standard InChI is InChI=1S/C13H16N2O2S2/c1-10-3-5-11(6-4-10)8-15(2)19(16,17)13-7-12(14)9-18-13/h3-7,9H,8,14H2,1-2H3. The van der Waals surface area contributed by atoms with Gasteiger partial charge in [-0.2, -0.15) is 4.31 Å². The molecule has 0 fully saturated rings. The summed E-state index contributed by atoms with van der Waals surface area (Å²) in [5.74, 6) is 0. The van der Waals surface area contributed by atoms with Gasteiger partial charge in [-0.15, -0.1) is 11.3 Å². The molecule has 6 heteroatoms. The molecule has 2 aromatic rings. The number of sulfonamides is 1. The monoisotopic (exact) mass is 296 g/mol. The summed E-state index contributed by atoms with van der Waals surface area (Å²) in [7, 11) is -1.88. The number of nitrogen functional groups attached to an aromatic ring is 1. The average molecular weight is 296 g/mol. The van der Waals surface area contributed by atoms with Crippen molar-refractivity contribution in [1.29, 1.82) is 0 Å². The molecule has 4 nitrogen and oxygen atoms in total. The van der Waals surface area contributed by atoms with E-state index in [1.165, 1.54) is 10.4 Å². The summed E-state index contributed by atoms with van der Waals surface area (Å²) < 4.78 is 26.2. The molecule has 0 saturated carbocycles. The summed E-state index contributed by atoms with van der Waals surface area (Å²) in [5, 5.41) is 1.63. The first kappa shape index (κ1) is 14.0. The summed E-state index contributed by atoms with van der Waals surface area (Å²) in [5.41, 5.74) is 8.16. The molecule has 0 aliphatic heterocycles. The molecule has 0 unspecified atom stereocenters. The average Bonchev–Trinajstić information content (AvgIpc) is 2.79. The van der Waals surface area contributed by atoms with E-state index in [2.05, 4.69) is 0 Å². The molecular weight excluding hydrogens is 280 g/mol. The molecule has 0 radical (unpaired) electrons. The van der Waals surface area contributed by atoms with Crippen LogP contribution in [0.4, 0.5) is 5.69 Å². The molecule has 1 aromatic heterocycles. The van der Waals surface area contributed by atoms with E-state index in [1.54, 1.807) is 12.4 Å². The molecule has 102 valence electrons. The van der Waals surface area contributed by atoms with Crippen molar-refractivity contribution < 1.29 is 8.42 Å². The second kappa shape index (κ2) is 5.32. The lowest BCUT2D eigenvalue weighted by Crippen LogP contribution is -2.25. The molecule has 2 rings (SSSR count). The van der Waals surface area contributed by atoms with Crippen LogP contribution in [-0.2, 0) is 16.6 Å². The van der Waals surface area contributed by atoms with Gasteiger partial charge in [-0.25, -0.2) is 8.42 Å². The van der Waals surface area contributed by atoms with E-state index in [0.717, 1.165) is 22.5 Å². The van der Waals surface area contributed by atoms with Gasteiger partial charge in [0, 0.05) is 24.7 Å². The molecule has 2 N–H and O–H groups in total. The molecule has 0 aliphatic carbocycles. The Balaban J connectivity index is 2.19. The first-order valence-electron chi connectivity index (χ1n) is 5.75. The van der Waals surface area contributed by atoms with Gasteiger partial charge in [-0.05, 0) is 18.6 Å². The number of anilines is 1. The van der Waals surface area contributed by atoms with Gasteiger partial charge in [-0.3, -0.25) is 0 Å². The van der Waals surface area contributed by atoms with Crippen LogP contribution in [0.25, 0.3) is 0 Å². The number of thiophene rings is 1. The van der Waals surface area contributed by atoms with Gasteiger partial charge in [0.15, 0.2) is 0 Å². The van der Waals surface area contributed by atoms with Crippen LogP contribution in [-0.4, -0.2) is 19.8 Å². The van der Waals surface area contributed by atoms with Crippen molar-refractivity contribution in [3.8, 4) is 0 Å². The summed E-state index contributed by atoms with van der Waals surface area (Å²) in [6.07, 6.45) is 0. The van der Waals surface area contributed by atoms with Gasteiger partial charge < -0.3 is 5.73 Å². The zero-order chi connectivity index (χ0) is 14.0. The van der Waals surface area contributed by atoms with Crippen LogP contribution in [0.5, 0.6) is 0 Å². The highest BCUT2D eigenvalue weighted by Crippen LogP contribution is 2.25. The molecule has 0 amide bonds. The van der Waals surface area contributed by atoms with Crippen molar-refractivity contribution in [3.63, 3.8) is 0 Å². The first-order valence-corrected chi connectivity index (χ1v) is 8.07. The summed E-state index contributed by atoms with van der Waals surface area (Å²) in [4.78, 5) is 0. The number of hydrogen-bond acceptors (Lipinski definition) is 4. The molecule has 0 bridgehead atoms. The number of benzene rings is 1. The number of hydrogen-bond donors (Lipinski definition) is 1. The second-order valence-electron chi connectivity index (χ2n) is 4.45. The Bertz CT molecular complexity index is 660. The van der Waals surface area contributed by atoms with Crippen LogP contribution in [0.3, 0.4) is 0 Å². The lowest BCUT2D eigenvalue weighted by molar-refractivity contribution is 0.468.